The maximum Gasteiger partial charge on any atom is 0.0212 e. The van der Waals surface area contributed by atoms with Gasteiger partial charge in [-0.2, -0.15) is 0 Å². The van der Waals surface area contributed by atoms with E-state index in [1.165, 1.54) is 32.2 Å². The molecule has 1 saturated heterocycles. The third-order valence-electron chi connectivity index (χ3n) is 3.77. The first-order valence-electron chi connectivity index (χ1n) is 6.22. The lowest BCUT2D eigenvalue weighted by atomic mass is 10.1. The molecule has 0 amide bonds. The van der Waals surface area contributed by atoms with Gasteiger partial charge in [-0.25, -0.2) is 0 Å². The minimum Gasteiger partial charge on any atom is -0.310 e. The summed E-state index contributed by atoms with van der Waals surface area (Å²) >= 11 is 0. The van der Waals surface area contributed by atoms with Crippen LogP contribution in [0.2, 0.25) is 0 Å². The van der Waals surface area contributed by atoms with Crippen molar-refractivity contribution in [3.63, 3.8) is 0 Å². The summed E-state index contributed by atoms with van der Waals surface area (Å²) in [6.07, 6.45) is 5.48. The Kier molecular flexibility index (Phi) is 3.13. The first-order valence-corrected chi connectivity index (χ1v) is 6.22. The predicted octanol–water partition coefficient (Wildman–Crippen LogP) is 2.00. The summed E-state index contributed by atoms with van der Waals surface area (Å²) in [4.78, 5) is 2.71. The second kappa shape index (κ2) is 4.19. The molecule has 0 aromatic heterocycles. The van der Waals surface area contributed by atoms with Crippen LogP contribution in [0, 0.1) is 0 Å². The van der Waals surface area contributed by atoms with Gasteiger partial charge in [0, 0.05) is 30.7 Å². The van der Waals surface area contributed by atoms with Crippen LogP contribution in [0.5, 0.6) is 0 Å². The molecule has 2 aliphatic rings. The van der Waals surface area contributed by atoms with Gasteiger partial charge >= 0.3 is 0 Å². The SMILES string of the molecule is CCC(C)NC1CC(C)N(C2CC2)C1. The predicted molar refractivity (Wildman–Crippen MR) is 60.5 cm³/mol. The molecule has 1 saturated carbocycles. The van der Waals surface area contributed by atoms with E-state index in [0.717, 1.165) is 18.1 Å². The highest BCUT2D eigenvalue weighted by atomic mass is 15.3. The molecule has 0 aromatic rings. The zero-order valence-corrected chi connectivity index (χ0v) is 9.79. The molecule has 2 fully saturated rings. The van der Waals surface area contributed by atoms with E-state index in [2.05, 4.69) is 31.0 Å². The van der Waals surface area contributed by atoms with E-state index in [-0.39, 0.29) is 0 Å². The molecular formula is C12H24N2. The third kappa shape index (κ3) is 2.29. The van der Waals surface area contributed by atoms with Gasteiger partial charge in [-0.1, -0.05) is 6.92 Å². The minimum atomic E-state index is 0.686. The summed E-state index contributed by atoms with van der Waals surface area (Å²) in [5, 5.41) is 3.73. The van der Waals surface area contributed by atoms with Crippen molar-refractivity contribution in [3.05, 3.63) is 0 Å². The fourth-order valence-electron chi connectivity index (χ4n) is 2.61. The molecule has 1 N–H and O–H groups in total. The van der Waals surface area contributed by atoms with E-state index in [4.69, 9.17) is 0 Å². The second-order valence-electron chi connectivity index (χ2n) is 5.19. The number of hydrogen-bond acceptors (Lipinski definition) is 2. The van der Waals surface area contributed by atoms with Crippen molar-refractivity contribution < 1.29 is 0 Å². The Balaban J connectivity index is 1.80. The monoisotopic (exact) mass is 196 g/mol. The fraction of sp³-hybridized carbons (Fsp3) is 1.00. The average molecular weight is 196 g/mol. The first-order chi connectivity index (χ1) is 6.70. The molecule has 0 radical (unpaired) electrons. The van der Waals surface area contributed by atoms with Gasteiger partial charge in [-0.05, 0) is 39.5 Å². The van der Waals surface area contributed by atoms with E-state index in [1.807, 2.05) is 0 Å². The molecular weight excluding hydrogens is 172 g/mol. The van der Waals surface area contributed by atoms with Crippen molar-refractivity contribution in [1.29, 1.82) is 0 Å². The zero-order valence-electron chi connectivity index (χ0n) is 9.79. The Morgan fingerprint density at radius 2 is 2.14 bits per heavy atom. The van der Waals surface area contributed by atoms with Crippen LogP contribution in [0.15, 0.2) is 0 Å². The molecule has 1 aliphatic carbocycles. The van der Waals surface area contributed by atoms with Crippen LogP contribution in [0.1, 0.15) is 46.5 Å². The lowest BCUT2D eigenvalue weighted by molar-refractivity contribution is 0.254. The van der Waals surface area contributed by atoms with Gasteiger partial charge in [-0.15, -0.1) is 0 Å². The summed E-state index contributed by atoms with van der Waals surface area (Å²) in [5.41, 5.74) is 0. The molecule has 1 heterocycles. The normalized spacial score (nSPS) is 36.2. The third-order valence-corrected chi connectivity index (χ3v) is 3.77. The molecule has 0 aromatic carbocycles. The van der Waals surface area contributed by atoms with Gasteiger partial charge in [0.15, 0.2) is 0 Å². The van der Waals surface area contributed by atoms with Crippen molar-refractivity contribution in [3.8, 4) is 0 Å². The van der Waals surface area contributed by atoms with Crippen LogP contribution >= 0.6 is 0 Å². The number of likely N-dealkylation sites (tertiary alicyclic amines) is 1. The quantitative estimate of drug-likeness (QED) is 0.740. The van der Waals surface area contributed by atoms with E-state index >= 15 is 0 Å². The average Bonchev–Trinajstić information content (AvgIpc) is 2.92. The molecule has 0 bridgehead atoms. The first kappa shape index (κ1) is 10.4. The lowest BCUT2D eigenvalue weighted by Crippen LogP contribution is -2.38. The van der Waals surface area contributed by atoms with Gasteiger partial charge < -0.3 is 5.32 Å². The van der Waals surface area contributed by atoms with Gasteiger partial charge in [0.2, 0.25) is 0 Å². The Bertz CT molecular complexity index is 189. The van der Waals surface area contributed by atoms with Crippen molar-refractivity contribution in [2.45, 2.75) is 70.6 Å². The van der Waals surface area contributed by atoms with Crippen LogP contribution in [0.4, 0.5) is 0 Å². The Hall–Kier alpha value is -0.0800. The number of hydrogen-bond donors (Lipinski definition) is 1. The molecule has 2 rings (SSSR count). The van der Waals surface area contributed by atoms with E-state index in [0.29, 0.717) is 6.04 Å². The molecule has 14 heavy (non-hydrogen) atoms. The van der Waals surface area contributed by atoms with Crippen molar-refractivity contribution in [2.24, 2.45) is 0 Å². The summed E-state index contributed by atoms with van der Waals surface area (Å²) in [6, 6.07) is 3.18. The summed E-state index contributed by atoms with van der Waals surface area (Å²) < 4.78 is 0. The van der Waals surface area contributed by atoms with Crippen LogP contribution in [0.25, 0.3) is 0 Å². The van der Waals surface area contributed by atoms with Crippen molar-refractivity contribution in [1.82, 2.24) is 10.2 Å². The van der Waals surface area contributed by atoms with E-state index in [9.17, 15) is 0 Å². The van der Waals surface area contributed by atoms with Crippen LogP contribution < -0.4 is 5.32 Å². The van der Waals surface area contributed by atoms with Crippen LogP contribution in [-0.2, 0) is 0 Å². The molecule has 3 unspecified atom stereocenters. The van der Waals surface area contributed by atoms with Gasteiger partial charge in [-0.3, -0.25) is 4.90 Å². The number of nitrogens with zero attached hydrogens (tertiary/aromatic N) is 1. The molecule has 2 nitrogen and oxygen atoms in total. The fourth-order valence-corrected chi connectivity index (χ4v) is 2.61. The molecule has 0 spiro atoms. The van der Waals surface area contributed by atoms with E-state index < -0.39 is 0 Å². The van der Waals surface area contributed by atoms with E-state index in [1.54, 1.807) is 0 Å². The topological polar surface area (TPSA) is 15.3 Å². The number of rotatable bonds is 4. The Morgan fingerprint density at radius 3 is 2.71 bits per heavy atom. The van der Waals surface area contributed by atoms with Gasteiger partial charge in [0.05, 0.1) is 0 Å². The Labute approximate surface area is 88.1 Å². The van der Waals surface area contributed by atoms with Crippen molar-refractivity contribution >= 4 is 0 Å². The molecule has 2 heteroatoms. The van der Waals surface area contributed by atoms with Crippen LogP contribution in [-0.4, -0.2) is 35.6 Å². The largest absolute Gasteiger partial charge is 0.310 e. The smallest absolute Gasteiger partial charge is 0.0212 e. The minimum absolute atomic E-state index is 0.686. The molecule has 3 atom stereocenters. The Morgan fingerprint density at radius 1 is 1.43 bits per heavy atom. The maximum absolute atomic E-state index is 3.73. The van der Waals surface area contributed by atoms with Gasteiger partial charge in [0.1, 0.15) is 0 Å². The van der Waals surface area contributed by atoms with Gasteiger partial charge in [0.25, 0.3) is 0 Å². The maximum atomic E-state index is 3.73. The standard InChI is InChI=1S/C12H24N2/c1-4-9(2)13-11-7-10(3)14(8-11)12-5-6-12/h9-13H,4-8H2,1-3H3. The molecule has 82 valence electrons. The highest BCUT2D eigenvalue weighted by Crippen LogP contribution is 2.33. The summed E-state index contributed by atoms with van der Waals surface area (Å²) in [5.74, 6) is 0. The zero-order chi connectivity index (χ0) is 10.1. The number of nitrogens with one attached hydrogen (secondary N) is 1. The summed E-state index contributed by atoms with van der Waals surface area (Å²) in [7, 11) is 0. The second-order valence-corrected chi connectivity index (χ2v) is 5.19. The van der Waals surface area contributed by atoms with Crippen molar-refractivity contribution in [2.75, 3.05) is 6.54 Å². The summed E-state index contributed by atoms with van der Waals surface area (Å²) in [6.45, 7) is 8.23. The lowest BCUT2D eigenvalue weighted by Gasteiger charge is -2.20. The van der Waals surface area contributed by atoms with Crippen LogP contribution in [0.3, 0.4) is 0 Å². The molecule has 1 aliphatic heterocycles. The highest BCUT2D eigenvalue weighted by Gasteiger charge is 2.38. The highest BCUT2D eigenvalue weighted by molar-refractivity contribution is 4.96.